The van der Waals surface area contributed by atoms with E-state index in [1.165, 1.54) is 5.41 Å². The minimum Gasteiger partial charge on any atom is -0.478 e. The third-order valence-electron chi connectivity index (χ3n) is 0.406. The third-order valence-corrected chi connectivity index (χ3v) is 0.932. The smallest absolute Gasteiger partial charge is 0.328 e. The van der Waals surface area contributed by atoms with E-state index in [4.69, 9.17) is 16.2 Å². The molecule has 0 atom stereocenters. The van der Waals surface area contributed by atoms with Crippen molar-refractivity contribution in [3.05, 3.63) is 11.5 Å². The van der Waals surface area contributed by atoms with E-state index >= 15 is 0 Å². The summed E-state index contributed by atoms with van der Waals surface area (Å²) in [7, 11) is 0. The maximum absolute atomic E-state index is 9.77. The molecule has 0 radical (unpaired) electrons. The number of rotatable bonds is 2. The molecule has 0 saturated carbocycles. The predicted molar refractivity (Wildman–Crippen MR) is 43.5 cm³/mol. The van der Waals surface area contributed by atoms with E-state index in [1.54, 1.807) is 0 Å². The molecule has 0 amide bonds. The summed E-state index contributed by atoms with van der Waals surface area (Å²) in [5.41, 5.74) is 4.88. The van der Waals surface area contributed by atoms with Gasteiger partial charge in [-0.15, -0.1) is 12.4 Å². The molecule has 0 aromatic heterocycles. The van der Waals surface area contributed by atoms with E-state index in [2.05, 4.69) is 0 Å². The van der Waals surface area contributed by atoms with Crippen LogP contribution in [-0.2, 0) is 4.79 Å². The molecule has 0 aliphatic heterocycles. The summed E-state index contributed by atoms with van der Waals surface area (Å²) in [6.07, 6.45) is 0.923. The van der Waals surface area contributed by atoms with Gasteiger partial charge in [-0.2, -0.15) is 0 Å². The van der Waals surface area contributed by atoms with Gasteiger partial charge in [0.15, 0.2) is 5.17 Å². The second kappa shape index (κ2) is 6.44. The minimum absolute atomic E-state index is 0. The molecule has 0 rings (SSSR count). The molecule has 0 aromatic carbocycles. The third kappa shape index (κ3) is 10.3. The molecule has 0 spiro atoms. The van der Waals surface area contributed by atoms with Crippen molar-refractivity contribution >= 4 is 35.3 Å². The van der Waals surface area contributed by atoms with E-state index in [9.17, 15) is 4.79 Å². The molecule has 0 unspecified atom stereocenters. The minimum atomic E-state index is -1.04. The van der Waals surface area contributed by atoms with Crippen molar-refractivity contribution < 1.29 is 9.90 Å². The number of carboxylic acid groups (broad SMARTS) is 1. The van der Waals surface area contributed by atoms with Crippen LogP contribution in [0.5, 0.6) is 0 Å². The molecule has 0 aliphatic rings. The number of thioether (sulfide) groups is 1. The normalized spacial score (nSPS) is 8.80. The molecule has 0 aliphatic carbocycles. The Morgan fingerprint density at radius 3 is 2.50 bits per heavy atom. The standard InChI is InChI=1S/C4H6N2O2S.ClH/c5-4(6)9-2-1-3(7)8;/h1-2H,(H3,5,6)(H,7,8);1H/b2-1+;. The van der Waals surface area contributed by atoms with Crippen LogP contribution in [0.15, 0.2) is 11.5 Å². The monoisotopic (exact) mass is 182 g/mol. The van der Waals surface area contributed by atoms with E-state index in [0.717, 1.165) is 17.8 Å². The SMILES string of the molecule is Cl.N=C(N)S/C=C/C(=O)O. The summed E-state index contributed by atoms with van der Waals surface area (Å²) in [4.78, 5) is 9.77. The lowest BCUT2D eigenvalue weighted by atomic mass is 10.7. The second-order valence-electron chi connectivity index (χ2n) is 1.12. The Morgan fingerprint density at radius 1 is 1.70 bits per heavy atom. The van der Waals surface area contributed by atoms with Gasteiger partial charge >= 0.3 is 5.97 Å². The summed E-state index contributed by atoms with van der Waals surface area (Å²) in [5, 5.41) is 15.8. The fourth-order valence-electron chi connectivity index (χ4n) is 0.166. The lowest BCUT2D eigenvalue weighted by molar-refractivity contribution is -0.131. The maximum Gasteiger partial charge on any atom is 0.328 e. The molecule has 58 valence electrons. The van der Waals surface area contributed by atoms with Crippen molar-refractivity contribution in [1.29, 1.82) is 5.41 Å². The first-order valence-electron chi connectivity index (χ1n) is 2.03. The van der Waals surface area contributed by atoms with Gasteiger partial charge in [-0.1, -0.05) is 11.8 Å². The molecular formula is C4H7ClN2O2S. The highest BCUT2D eigenvalue weighted by atomic mass is 35.5. The first-order chi connectivity index (χ1) is 4.13. The molecule has 0 bridgehead atoms. The first-order valence-corrected chi connectivity index (χ1v) is 2.91. The Hall–Kier alpha value is -0.680. The van der Waals surface area contributed by atoms with Gasteiger partial charge in [-0.05, 0) is 5.41 Å². The van der Waals surface area contributed by atoms with Crippen molar-refractivity contribution in [2.75, 3.05) is 0 Å². The topological polar surface area (TPSA) is 87.2 Å². The maximum atomic E-state index is 9.77. The number of hydrogen-bond donors (Lipinski definition) is 3. The number of aliphatic carboxylic acids is 1. The highest BCUT2D eigenvalue weighted by molar-refractivity contribution is 8.16. The average Bonchev–Trinajstić information content (AvgIpc) is 1.63. The Labute approximate surface area is 68.4 Å². The van der Waals surface area contributed by atoms with Crippen molar-refractivity contribution in [3.8, 4) is 0 Å². The van der Waals surface area contributed by atoms with Crippen molar-refractivity contribution in [1.82, 2.24) is 0 Å². The molecular weight excluding hydrogens is 176 g/mol. The van der Waals surface area contributed by atoms with Crippen LogP contribution >= 0.6 is 24.2 Å². The molecule has 0 aromatic rings. The van der Waals surface area contributed by atoms with E-state index in [1.807, 2.05) is 0 Å². The van der Waals surface area contributed by atoms with Crippen LogP contribution in [-0.4, -0.2) is 16.2 Å². The lowest BCUT2D eigenvalue weighted by Gasteiger charge is -1.84. The molecule has 4 nitrogen and oxygen atoms in total. The Kier molecular flexibility index (Phi) is 7.75. The number of nitrogens with two attached hydrogens (primary N) is 1. The van der Waals surface area contributed by atoms with Crippen molar-refractivity contribution in [2.45, 2.75) is 0 Å². The van der Waals surface area contributed by atoms with Gasteiger partial charge in [0.1, 0.15) is 0 Å². The zero-order valence-electron chi connectivity index (χ0n) is 4.90. The van der Waals surface area contributed by atoms with Crippen LogP contribution in [0.1, 0.15) is 0 Å². The predicted octanol–water partition coefficient (Wildman–Crippen LogP) is 0.633. The van der Waals surface area contributed by atoms with Crippen molar-refractivity contribution in [2.24, 2.45) is 5.73 Å². The van der Waals surface area contributed by atoms with Crippen LogP contribution in [0.3, 0.4) is 0 Å². The fraction of sp³-hybridized carbons (Fsp3) is 0. The zero-order valence-corrected chi connectivity index (χ0v) is 6.54. The van der Waals surface area contributed by atoms with Gasteiger partial charge in [-0.25, -0.2) is 4.79 Å². The van der Waals surface area contributed by atoms with E-state index in [-0.39, 0.29) is 17.6 Å². The second-order valence-corrected chi connectivity index (χ2v) is 2.07. The van der Waals surface area contributed by atoms with Gasteiger partial charge in [0.2, 0.25) is 0 Å². The molecule has 4 N–H and O–H groups in total. The summed E-state index contributed by atoms with van der Waals surface area (Å²) in [5.74, 6) is -1.04. The molecule has 6 heteroatoms. The van der Waals surface area contributed by atoms with Gasteiger partial charge in [0, 0.05) is 6.08 Å². The summed E-state index contributed by atoms with van der Waals surface area (Å²) < 4.78 is 0. The summed E-state index contributed by atoms with van der Waals surface area (Å²) in [6.45, 7) is 0. The van der Waals surface area contributed by atoms with Crippen LogP contribution in [0.4, 0.5) is 0 Å². The Balaban J connectivity index is 0. The van der Waals surface area contributed by atoms with Crippen LogP contribution < -0.4 is 5.73 Å². The fourth-order valence-corrected chi connectivity index (χ4v) is 0.497. The number of nitrogens with one attached hydrogen (secondary N) is 1. The van der Waals surface area contributed by atoms with Gasteiger partial charge < -0.3 is 10.8 Å². The zero-order chi connectivity index (χ0) is 7.28. The lowest BCUT2D eigenvalue weighted by Crippen LogP contribution is -2.01. The van der Waals surface area contributed by atoms with E-state index < -0.39 is 5.97 Å². The molecule has 10 heavy (non-hydrogen) atoms. The highest BCUT2D eigenvalue weighted by Gasteiger charge is 1.85. The first kappa shape index (κ1) is 12.0. The Bertz CT molecular complexity index is 159. The number of amidine groups is 1. The quantitative estimate of drug-likeness (QED) is 0.332. The Morgan fingerprint density at radius 2 is 2.20 bits per heavy atom. The average molecular weight is 183 g/mol. The van der Waals surface area contributed by atoms with E-state index in [0.29, 0.717) is 0 Å². The largest absolute Gasteiger partial charge is 0.478 e. The van der Waals surface area contributed by atoms with Crippen LogP contribution in [0.25, 0.3) is 0 Å². The highest BCUT2D eigenvalue weighted by Crippen LogP contribution is 1.97. The van der Waals surface area contributed by atoms with Crippen LogP contribution in [0.2, 0.25) is 0 Å². The van der Waals surface area contributed by atoms with Crippen molar-refractivity contribution in [3.63, 3.8) is 0 Å². The number of halogens is 1. The molecule has 0 saturated heterocycles. The summed E-state index contributed by atoms with van der Waals surface area (Å²) in [6, 6.07) is 0. The molecule has 0 fully saturated rings. The number of hydrogen-bond acceptors (Lipinski definition) is 3. The summed E-state index contributed by atoms with van der Waals surface area (Å²) >= 11 is 0.859. The van der Waals surface area contributed by atoms with Gasteiger partial charge in [0.05, 0.1) is 0 Å². The number of carboxylic acids is 1. The van der Waals surface area contributed by atoms with Crippen LogP contribution in [0, 0.1) is 5.41 Å². The van der Waals surface area contributed by atoms with Gasteiger partial charge in [0.25, 0.3) is 0 Å². The molecule has 0 heterocycles. The number of carbonyl (C=O) groups is 1. The van der Waals surface area contributed by atoms with Gasteiger partial charge in [-0.3, -0.25) is 5.41 Å².